The SMILES string of the molecule is Cc1cc(-c2cc(Cl)ccc2OCCn2c(C)nc3cc(C)c(CN(C)C)c(C#N)c3c2=O)c2scc(C(=O)O)c2n1. The molecule has 3 aromatic heterocycles. The van der Waals surface area contributed by atoms with Crippen molar-refractivity contribution in [3.63, 3.8) is 0 Å². The first-order valence-electron chi connectivity index (χ1n) is 13.1. The van der Waals surface area contributed by atoms with Crippen LogP contribution in [0.4, 0.5) is 0 Å². The normalized spacial score (nSPS) is 11.4. The maximum absolute atomic E-state index is 13.7. The average molecular weight is 602 g/mol. The fourth-order valence-corrected chi connectivity index (χ4v) is 6.33. The van der Waals surface area contributed by atoms with Gasteiger partial charge in [0.05, 0.1) is 38.8 Å². The van der Waals surface area contributed by atoms with Crippen LogP contribution in [0, 0.1) is 32.1 Å². The van der Waals surface area contributed by atoms with Crippen LogP contribution in [0.3, 0.4) is 0 Å². The molecule has 0 spiro atoms. The van der Waals surface area contributed by atoms with Crippen molar-refractivity contribution in [2.45, 2.75) is 33.9 Å². The monoisotopic (exact) mass is 601 g/mol. The Balaban J connectivity index is 1.52. The van der Waals surface area contributed by atoms with Crippen LogP contribution in [0.25, 0.3) is 32.2 Å². The number of rotatable bonds is 8. The van der Waals surface area contributed by atoms with Crippen molar-refractivity contribution in [1.29, 1.82) is 5.26 Å². The van der Waals surface area contributed by atoms with E-state index in [0.29, 0.717) is 61.1 Å². The predicted octanol–water partition coefficient (Wildman–Crippen LogP) is 5.96. The molecule has 214 valence electrons. The molecule has 9 nitrogen and oxygen atoms in total. The van der Waals surface area contributed by atoms with Gasteiger partial charge in [0.15, 0.2) is 0 Å². The smallest absolute Gasteiger partial charge is 0.338 e. The van der Waals surface area contributed by atoms with Gasteiger partial charge in [-0.15, -0.1) is 11.3 Å². The summed E-state index contributed by atoms with van der Waals surface area (Å²) in [6.45, 7) is 6.36. The Hall–Kier alpha value is -4.30. The first-order chi connectivity index (χ1) is 20.0. The van der Waals surface area contributed by atoms with Crippen molar-refractivity contribution < 1.29 is 14.6 Å². The second-order valence-electron chi connectivity index (χ2n) is 10.3. The number of pyridine rings is 1. The summed E-state index contributed by atoms with van der Waals surface area (Å²) in [6, 6.07) is 11.2. The molecule has 0 saturated heterocycles. The van der Waals surface area contributed by atoms with Gasteiger partial charge in [0.2, 0.25) is 0 Å². The van der Waals surface area contributed by atoms with E-state index in [2.05, 4.69) is 16.0 Å². The summed E-state index contributed by atoms with van der Waals surface area (Å²) in [5, 5.41) is 22.0. The molecule has 0 unspecified atom stereocenters. The van der Waals surface area contributed by atoms with Crippen LogP contribution in [0.1, 0.15) is 38.6 Å². The summed E-state index contributed by atoms with van der Waals surface area (Å²) >= 11 is 7.68. The number of nitriles is 1. The number of aromatic carboxylic acids is 1. The lowest BCUT2D eigenvalue weighted by molar-refractivity contribution is 0.0699. The van der Waals surface area contributed by atoms with E-state index in [0.717, 1.165) is 16.7 Å². The number of carbonyl (C=O) groups is 1. The molecule has 0 aliphatic heterocycles. The molecule has 0 amide bonds. The van der Waals surface area contributed by atoms with E-state index < -0.39 is 5.97 Å². The summed E-state index contributed by atoms with van der Waals surface area (Å²) in [5.41, 5.74) is 4.94. The predicted molar refractivity (Wildman–Crippen MR) is 165 cm³/mol. The van der Waals surface area contributed by atoms with Gasteiger partial charge in [0.1, 0.15) is 24.3 Å². The van der Waals surface area contributed by atoms with Gasteiger partial charge in [0.25, 0.3) is 5.56 Å². The quantitative estimate of drug-likeness (QED) is 0.231. The van der Waals surface area contributed by atoms with Crippen LogP contribution in [-0.4, -0.2) is 51.2 Å². The number of hydrogen-bond donors (Lipinski definition) is 1. The van der Waals surface area contributed by atoms with E-state index in [1.807, 2.05) is 38.1 Å². The van der Waals surface area contributed by atoms with Gasteiger partial charge in [0, 0.05) is 33.8 Å². The fraction of sp³-hybridized carbons (Fsp3) is 0.258. The number of aryl methyl sites for hydroxylation is 3. The summed E-state index contributed by atoms with van der Waals surface area (Å²) < 4.78 is 8.46. The van der Waals surface area contributed by atoms with Gasteiger partial charge in [-0.05, 0) is 76.3 Å². The van der Waals surface area contributed by atoms with Crippen molar-refractivity contribution in [2.24, 2.45) is 0 Å². The molecule has 0 fully saturated rings. The highest BCUT2D eigenvalue weighted by Gasteiger charge is 2.20. The Morgan fingerprint density at radius 3 is 2.62 bits per heavy atom. The van der Waals surface area contributed by atoms with Gasteiger partial charge >= 0.3 is 5.97 Å². The van der Waals surface area contributed by atoms with Crippen LogP contribution in [0.5, 0.6) is 5.75 Å². The van der Waals surface area contributed by atoms with Crippen molar-refractivity contribution in [2.75, 3.05) is 20.7 Å². The van der Waals surface area contributed by atoms with E-state index in [9.17, 15) is 20.0 Å². The lowest BCUT2D eigenvalue weighted by Crippen LogP contribution is -2.28. The maximum Gasteiger partial charge on any atom is 0.338 e. The molecule has 1 N–H and O–H groups in total. The molecular weight excluding hydrogens is 574 g/mol. The van der Waals surface area contributed by atoms with E-state index in [4.69, 9.17) is 16.3 Å². The van der Waals surface area contributed by atoms with Crippen LogP contribution < -0.4 is 10.3 Å². The zero-order valence-corrected chi connectivity index (χ0v) is 25.4. The van der Waals surface area contributed by atoms with Gasteiger partial charge in [-0.25, -0.2) is 9.78 Å². The van der Waals surface area contributed by atoms with Crippen LogP contribution >= 0.6 is 22.9 Å². The number of thiophene rings is 1. The Morgan fingerprint density at radius 1 is 1.17 bits per heavy atom. The molecule has 5 aromatic rings. The third kappa shape index (κ3) is 5.34. The molecule has 0 radical (unpaired) electrons. The lowest BCUT2D eigenvalue weighted by Gasteiger charge is -2.18. The minimum absolute atomic E-state index is 0.138. The van der Waals surface area contributed by atoms with Crippen LogP contribution in [-0.2, 0) is 13.1 Å². The molecule has 11 heteroatoms. The molecule has 42 heavy (non-hydrogen) atoms. The summed E-state index contributed by atoms with van der Waals surface area (Å²) in [6.07, 6.45) is 0. The molecule has 0 bridgehead atoms. The number of benzene rings is 2. The first-order valence-corrected chi connectivity index (χ1v) is 14.4. The van der Waals surface area contributed by atoms with E-state index in [1.54, 1.807) is 37.4 Å². The summed E-state index contributed by atoms with van der Waals surface area (Å²) in [7, 11) is 3.83. The minimum Gasteiger partial charge on any atom is -0.491 e. The molecule has 0 saturated carbocycles. The zero-order valence-electron chi connectivity index (χ0n) is 23.8. The van der Waals surface area contributed by atoms with Crippen molar-refractivity contribution in [1.82, 2.24) is 19.4 Å². The molecule has 2 aromatic carbocycles. The number of carboxylic acids is 1. The highest BCUT2D eigenvalue weighted by atomic mass is 35.5. The molecule has 0 aliphatic carbocycles. The molecule has 5 rings (SSSR count). The minimum atomic E-state index is -1.04. The summed E-state index contributed by atoms with van der Waals surface area (Å²) in [4.78, 5) is 36.6. The maximum atomic E-state index is 13.7. The Bertz CT molecular complexity index is 1990. The second-order valence-corrected chi connectivity index (χ2v) is 11.7. The third-order valence-electron chi connectivity index (χ3n) is 7.04. The van der Waals surface area contributed by atoms with Crippen molar-refractivity contribution in [3.8, 4) is 22.9 Å². The fourth-order valence-electron chi connectivity index (χ4n) is 5.14. The number of nitrogens with zero attached hydrogens (tertiary/aromatic N) is 5. The van der Waals surface area contributed by atoms with Gasteiger partial charge in [-0.3, -0.25) is 14.3 Å². The Morgan fingerprint density at radius 2 is 1.93 bits per heavy atom. The van der Waals surface area contributed by atoms with Gasteiger partial charge < -0.3 is 14.7 Å². The van der Waals surface area contributed by atoms with Crippen LogP contribution in [0.2, 0.25) is 5.02 Å². The Kier molecular flexibility index (Phi) is 8.01. The first kappa shape index (κ1) is 29.2. The molecular formula is C31H28ClN5O4S. The highest BCUT2D eigenvalue weighted by Crippen LogP contribution is 2.40. The highest BCUT2D eigenvalue weighted by molar-refractivity contribution is 7.18. The zero-order chi connectivity index (χ0) is 30.3. The number of fused-ring (bicyclic) bond motifs is 2. The van der Waals surface area contributed by atoms with E-state index in [-0.39, 0.29) is 24.3 Å². The van der Waals surface area contributed by atoms with Gasteiger partial charge in [-0.2, -0.15) is 5.26 Å². The molecule has 0 aliphatic rings. The number of ether oxygens (including phenoxy) is 1. The van der Waals surface area contributed by atoms with Gasteiger partial charge in [-0.1, -0.05) is 11.6 Å². The summed E-state index contributed by atoms with van der Waals surface area (Å²) in [5.74, 6) is 0.00110. The average Bonchev–Trinajstić information content (AvgIpc) is 3.35. The van der Waals surface area contributed by atoms with Crippen molar-refractivity contribution in [3.05, 3.63) is 84.9 Å². The Labute approximate surface area is 251 Å². The number of hydrogen-bond acceptors (Lipinski definition) is 8. The molecule has 0 atom stereocenters. The largest absolute Gasteiger partial charge is 0.491 e. The second kappa shape index (κ2) is 11.5. The number of halogens is 1. The molecule has 3 heterocycles. The van der Waals surface area contributed by atoms with E-state index >= 15 is 0 Å². The van der Waals surface area contributed by atoms with E-state index in [1.165, 1.54) is 15.9 Å². The van der Waals surface area contributed by atoms with Crippen LogP contribution in [0.15, 0.2) is 40.5 Å². The topological polar surface area (TPSA) is 121 Å². The number of aromatic nitrogens is 3. The number of carboxylic acid groups (broad SMARTS) is 1. The van der Waals surface area contributed by atoms with Crippen molar-refractivity contribution >= 4 is 50.0 Å². The lowest BCUT2D eigenvalue weighted by atomic mass is 9.98. The third-order valence-corrected chi connectivity index (χ3v) is 8.28. The standard InChI is InChI=1S/C31H28ClN5O4S/c1-16-10-25-27(22(13-33)23(16)14-36(4)5)30(38)37(18(3)35-25)8-9-41-26-7-6-19(32)12-20(26)21-11-17(2)34-28-24(31(39)40)15-42-29(21)28/h6-7,10-12,15H,8-9,14H2,1-5H3,(H,39,40).